The second-order valence-corrected chi connectivity index (χ2v) is 19.1. The first-order chi connectivity index (χ1) is 30.7. The zero-order valence-corrected chi connectivity index (χ0v) is 36.1. The van der Waals surface area contributed by atoms with Crippen LogP contribution in [0.25, 0.3) is 5.57 Å². The highest BCUT2D eigenvalue weighted by atomic mass is 15.2. The minimum Gasteiger partial charge on any atom is -0.341 e. The molecule has 2 aromatic rings. The molecule has 2 heteroatoms. The maximum absolute atomic E-state index is 2.83. The maximum Gasteiger partial charge on any atom is 0.0623 e. The Bertz CT molecular complexity index is 2670. The van der Waals surface area contributed by atoms with Crippen molar-refractivity contribution in [3.05, 3.63) is 243 Å². The standard InChI is InChI=1S/C60H58N2/c1-5-17-41(18-6-1)47-33-48(42-19-7-2-8-20-42)36-51(35-47)61-57-27-15-13-25-53(57)55-39-45(29-31-59(55)61)46-30-32-60-56(40-46)54-26-14-16-28-58(54)62(60)52-37-49(43-21-9-3-10-22-43)34-50(38-52)44-23-11-4-12-24-44/h1-3,5-11,14,17-21,23-24,26,29-30,32-35,38-39,43,48-49,56,59H,4,12-13,15-16,22,25,27-28,31,36-37,40H2. The first kappa shape index (κ1) is 37.9. The highest BCUT2D eigenvalue weighted by Gasteiger charge is 2.43. The molecule has 2 nitrogen and oxygen atoms in total. The highest BCUT2D eigenvalue weighted by Crippen LogP contribution is 2.54. The van der Waals surface area contributed by atoms with E-state index in [0.29, 0.717) is 29.7 Å². The van der Waals surface area contributed by atoms with E-state index < -0.39 is 0 Å². The Morgan fingerprint density at radius 1 is 0.581 bits per heavy atom. The third kappa shape index (κ3) is 6.78. The molecule has 2 aliphatic heterocycles. The summed E-state index contributed by atoms with van der Waals surface area (Å²) in [4.78, 5) is 5.58. The van der Waals surface area contributed by atoms with Gasteiger partial charge in [-0.05, 0) is 175 Å². The second kappa shape index (κ2) is 16.1. The van der Waals surface area contributed by atoms with Crippen molar-refractivity contribution in [2.24, 2.45) is 17.8 Å². The predicted molar refractivity (Wildman–Crippen MR) is 257 cm³/mol. The molecule has 0 radical (unpaired) electrons. The Hall–Kier alpha value is -5.86. The second-order valence-electron chi connectivity index (χ2n) is 19.1. The molecule has 308 valence electrons. The third-order valence-corrected chi connectivity index (χ3v) is 15.4. The Balaban J connectivity index is 0.873. The number of rotatable bonds is 7. The molecular weight excluding hydrogens is 749 g/mol. The fourth-order valence-corrected chi connectivity index (χ4v) is 12.5. The minimum atomic E-state index is 0.356. The van der Waals surface area contributed by atoms with Crippen molar-refractivity contribution >= 4 is 5.57 Å². The van der Waals surface area contributed by atoms with Gasteiger partial charge in [0, 0.05) is 40.3 Å². The highest BCUT2D eigenvalue weighted by molar-refractivity contribution is 5.77. The smallest absolute Gasteiger partial charge is 0.0623 e. The van der Waals surface area contributed by atoms with Gasteiger partial charge in [-0.25, -0.2) is 0 Å². The fourth-order valence-electron chi connectivity index (χ4n) is 12.5. The van der Waals surface area contributed by atoms with E-state index in [1.54, 1.807) is 28.1 Å². The Kier molecular flexibility index (Phi) is 9.84. The van der Waals surface area contributed by atoms with Crippen LogP contribution in [0.15, 0.2) is 231 Å². The van der Waals surface area contributed by atoms with E-state index in [-0.39, 0.29) is 0 Å². The van der Waals surface area contributed by atoms with Gasteiger partial charge in [-0.15, -0.1) is 0 Å². The van der Waals surface area contributed by atoms with E-state index in [9.17, 15) is 0 Å². The topological polar surface area (TPSA) is 6.48 Å². The van der Waals surface area contributed by atoms with Gasteiger partial charge >= 0.3 is 0 Å². The van der Waals surface area contributed by atoms with Gasteiger partial charge in [-0.2, -0.15) is 0 Å². The molecule has 0 fully saturated rings. The number of allylic oxidation sites excluding steroid dienone is 26. The zero-order valence-electron chi connectivity index (χ0n) is 36.1. The molecule has 0 amide bonds. The number of benzene rings is 2. The molecule has 0 aromatic heterocycles. The minimum absolute atomic E-state index is 0.356. The average molecular weight is 807 g/mol. The molecule has 12 rings (SSSR count). The molecule has 8 aliphatic carbocycles. The molecule has 0 spiro atoms. The molecule has 62 heavy (non-hydrogen) atoms. The molecule has 5 atom stereocenters. The summed E-state index contributed by atoms with van der Waals surface area (Å²) in [6, 6.07) is 22.6. The lowest BCUT2D eigenvalue weighted by Crippen LogP contribution is -2.32. The first-order valence-electron chi connectivity index (χ1n) is 23.9. The van der Waals surface area contributed by atoms with Crippen LogP contribution in [0.3, 0.4) is 0 Å². The van der Waals surface area contributed by atoms with Crippen LogP contribution < -0.4 is 0 Å². The van der Waals surface area contributed by atoms with Gasteiger partial charge in [0.05, 0.1) is 6.04 Å². The Morgan fingerprint density at radius 3 is 2.29 bits per heavy atom. The zero-order chi connectivity index (χ0) is 41.0. The number of fused-ring (bicyclic) bond motifs is 4. The summed E-state index contributed by atoms with van der Waals surface area (Å²) in [5.74, 6) is 1.79. The summed E-state index contributed by atoms with van der Waals surface area (Å²) in [7, 11) is 0. The molecule has 2 aromatic carbocycles. The molecule has 0 saturated carbocycles. The Labute approximate surface area is 369 Å². The van der Waals surface area contributed by atoms with Crippen molar-refractivity contribution in [1.82, 2.24) is 9.80 Å². The predicted octanol–water partition coefficient (Wildman–Crippen LogP) is 14.9. The third-order valence-electron chi connectivity index (χ3n) is 15.4. The molecule has 10 aliphatic rings. The van der Waals surface area contributed by atoms with E-state index >= 15 is 0 Å². The van der Waals surface area contributed by atoms with Crippen LogP contribution in [0.1, 0.15) is 101 Å². The quantitative estimate of drug-likeness (QED) is 0.275. The normalized spacial score (nSPS) is 28.7. The fraction of sp³-hybridized carbons (Fsp3) is 0.300. The van der Waals surface area contributed by atoms with Gasteiger partial charge in [0.2, 0.25) is 0 Å². The summed E-state index contributed by atoms with van der Waals surface area (Å²) >= 11 is 0. The van der Waals surface area contributed by atoms with E-state index in [2.05, 4.69) is 174 Å². The van der Waals surface area contributed by atoms with Crippen LogP contribution in [-0.4, -0.2) is 15.8 Å². The van der Waals surface area contributed by atoms with Crippen LogP contribution in [-0.2, 0) is 0 Å². The van der Waals surface area contributed by atoms with Crippen molar-refractivity contribution < 1.29 is 0 Å². The molecule has 0 bridgehead atoms. The number of nitrogens with zero attached hydrogens (tertiary/aromatic N) is 2. The average Bonchev–Trinajstić information content (AvgIpc) is 3.87. The summed E-state index contributed by atoms with van der Waals surface area (Å²) < 4.78 is 0. The summed E-state index contributed by atoms with van der Waals surface area (Å²) in [5.41, 5.74) is 22.3. The van der Waals surface area contributed by atoms with Crippen LogP contribution in [0.4, 0.5) is 0 Å². The molecular formula is C60H58N2. The Morgan fingerprint density at radius 2 is 1.44 bits per heavy atom. The number of hydrogen-bond donors (Lipinski definition) is 0. The van der Waals surface area contributed by atoms with Crippen LogP contribution in [0, 0.1) is 17.8 Å². The van der Waals surface area contributed by atoms with Crippen molar-refractivity contribution in [1.29, 1.82) is 0 Å². The van der Waals surface area contributed by atoms with Crippen LogP contribution >= 0.6 is 0 Å². The first-order valence-corrected chi connectivity index (χ1v) is 23.9. The van der Waals surface area contributed by atoms with E-state index in [0.717, 1.165) is 57.8 Å². The largest absolute Gasteiger partial charge is 0.341 e. The van der Waals surface area contributed by atoms with E-state index in [1.807, 2.05) is 0 Å². The monoisotopic (exact) mass is 806 g/mol. The van der Waals surface area contributed by atoms with E-state index in [1.165, 1.54) is 81.8 Å². The van der Waals surface area contributed by atoms with Crippen molar-refractivity contribution in [3.8, 4) is 0 Å². The van der Waals surface area contributed by atoms with Gasteiger partial charge in [-0.3, -0.25) is 0 Å². The molecule has 0 saturated heterocycles. The van der Waals surface area contributed by atoms with Gasteiger partial charge < -0.3 is 9.80 Å². The van der Waals surface area contributed by atoms with Crippen molar-refractivity contribution in [2.45, 2.75) is 95.4 Å². The summed E-state index contributed by atoms with van der Waals surface area (Å²) in [5, 5.41) is 0. The van der Waals surface area contributed by atoms with Gasteiger partial charge in [-0.1, -0.05) is 140 Å². The molecule has 5 unspecified atom stereocenters. The lowest BCUT2D eigenvalue weighted by molar-refractivity contribution is 0.341. The van der Waals surface area contributed by atoms with Crippen molar-refractivity contribution in [2.75, 3.05) is 0 Å². The number of hydrogen-bond acceptors (Lipinski definition) is 2. The SMILES string of the molecule is C1=CCC(C2C=C(C3=CCCC=C3)C=C(N3C4=CC=C(C5=CCC6C(=C5)C5=C(CCCC5)N6C5=CC(c6ccccc6)=CC(c6ccccc6)C5)CC4C4=C3CCC=C4)C2)C=C1. The van der Waals surface area contributed by atoms with Gasteiger partial charge in [0.15, 0.2) is 0 Å². The van der Waals surface area contributed by atoms with Crippen LogP contribution in [0.2, 0.25) is 0 Å². The summed E-state index contributed by atoms with van der Waals surface area (Å²) in [6.07, 6.45) is 56.8. The van der Waals surface area contributed by atoms with Crippen LogP contribution in [0.5, 0.6) is 0 Å². The molecule has 0 N–H and O–H groups in total. The van der Waals surface area contributed by atoms with Gasteiger partial charge in [0.25, 0.3) is 0 Å². The molecule has 2 heterocycles. The van der Waals surface area contributed by atoms with E-state index in [4.69, 9.17) is 0 Å². The lowest BCUT2D eigenvalue weighted by Gasteiger charge is -2.37. The van der Waals surface area contributed by atoms with Gasteiger partial charge in [0.1, 0.15) is 0 Å². The lowest BCUT2D eigenvalue weighted by atomic mass is 9.78. The van der Waals surface area contributed by atoms with Crippen molar-refractivity contribution in [3.63, 3.8) is 0 Å². The summed E-state index contributed by atoms with van der Waals surface area (Å²) in [6.45, 7) is 0. The maximum atomic E-state index is 2.83.